The minimum Gasteiger partial charge on any atom is -0.387 e. The molecule has 21 heavy (non-hydrogen) atoms. The second-order valence-corrected chi connectivity index (χ2v) is 6.00. The summed E-state index contributed by atoms with van der Waals surface area (Å²) >= 11 is 0. The fourth-order valence-electron chi connectivity index (χ4n) is 3.47. The van der Waals surface area contributed by atoms with Gasteiger partial charge in [0.2, 0.25) is 0 Å². The Morgan fingerprint density at radius 2 is 2.24 bits per heavy atom. The van der Waals surface area contributed by atoms with Crippen LogP contribution in [-0.4, -0.2) is 46.8 Å². The van der Waals surface area contributed by atoms with Crippen LogP contribution in [0, 0.1) is 5.82 Å². The number of aliphatic hydroxyl groups is 1. The molecule has 1 saturated carbocycles. The topological polar surface area (TPSA) is 45.6 Å². The monoisotopic (exact) mass is 294 g/mol. The van der Waals surface area contributed by atoms with E-state index in [2.05, 4.69) is 9.88 Å². The van der Waals surface area contributed by atoms with E-state index in [0.29, 0.717) is 24.3 Å². The minimum absolute atomic E-state index is 0.369. The molecule has 2 heterocycles. The molecule has 2 aliphatic rings. The Morgan fingerprint density at radius 3 is 3.05 bits per heavy atom. The average molecular weight is 294 g/mol. The quantitative estimate of drug-likeness (QED) is 0.925. The second-order valence-electron chi connectivity index (χ2n) is 6.00. The molecule has 3 rings (SSSR count). The van der Waals surface area contributed by atoms with E-state index in [-0.39, 0.29) is 5.82 Å². The lowest BCUT2D eigenvalue weighted by atomic mass is 9.90. The van der Waals surface area contributed by atoms with E-state index in [1.54, 1.807) is 6.07 Å². The van der Waals surface area contributed by atoms with Crippen LogP contribution in [0.1, 0.15) is 43.9 Å². The second kappa shape index (κ2) is 6.81. The van der Waals surface area contributed by atoms with Crippen LogP contribution in [0.5, 0.6) is 0 Å². The van der Waals surface area contributed by atoms with Gasteiger partial charge in [0, 0.05) is 19.1 Å². The van der Waals surface area contributed by atoms with E-state index in [1.807, 2.05) is 0 Å². The first-order valence-electron chi connectivity index (χ1n) is 7.89. The van der Waals surface area contributed by atoms with E-state index >= 15 is 0 Å². The van der Waals surface area contributed by atoms with Gasteiger partial charge in [-0.1, -0.05) is 12.8 Å². The van der Waals surface area contributed by atoms with Crippen molar-refractivity contribution in [3.8, 4) is 0 Å². The van der Waals surface area contributed by atoms with Crippen LogP contribution in [0.4, 0.5) is 4.39 Å². The highest BCUT2D eigenvalue weighted by Gasteiger charge is 2.34. The molecule has 1 aromatic rings. The number of nitrogens with zero attached hydrogens (tertiary/aromatic N) is 2. The first kappa shape index (κ1) is 14.9. The number of fused-ring (bicyclic) bond motifs is 1. The number of rotatable bonds is 4. The van der Waals surface area contributed by atoms with Crippen LogP contribution in [0.25, 0.3) is 0 Å². The van der Waals surface area contributed by atoms with E-state index in [9.17, 15) is 9.50 Å². The first-order valence-corrected chi connectivity index (χ1v) is 7.89. The van der Waals surface area contributed by atoms with Gasteiger partial charge in [0.15, 0.2) is 0 Å². The van der Waals surface area contributed by atoms with Gasteiger partial charge in [0.1, 0.15) is 5.82 Å². The third kappa shape index (κ3) is 3.59. The van der Waals surface area contributed by atoms with Gasteiger partial charge in [0.25, 0.3) is 0 Å². The number of hydrogen-bond acceptors (Lipinski definition) is 4. The molecule has 0 amide bonds. The summed E-state index contributed by atoms with van der Waals surface area (Å²) in [6, 6.07) is 3.40. The van der Waals surface area contributed by atoms with Gasteiger partial charge in [-0.2, -0.15) is 0 Å². The largest absolute Gasteiger partial charge is 0.387 e. The molecule has 1 N–H and O–H groups in total. The van der Waals surface area contributed by atoms with Crippen molar-refractivity contribution in [2.45, 2.75) is 50.4 Å². The van der Waals surface area contributed by atoms with Crippen LogP contribution in [0.15, 0.2) is 18.3 Å². The Bertz CT molecular complexity index is 452. The summed E-state index contributed by atoms with van der Waals surface area (Å²) in [5.41, 5.74) is 0.546. The Kier molecular flexibility index (Phi) is 4.83. The Hall–Kier alpha value is -1.04. The summed E-state index contributed by atoms with van der Waals surface area (Å²) in [5.74, 6) is -0.371. The summed E-state index contributed by atoms with van der Waals surface area (Å²) in [6.45, 7) is 2.56. The molecule has 0 bridgehead atoms. The van der Waals surface area contributed by atoms with Crippen LogP contribution < -0.4 is 0 Å². The lowest BCUT2D eigenvalue weighted by Crippen LogP contribution is -2.52. The van der Waals surface area contributed by atoms with Crippen molar-refractivity contribution in [2.24, 2.45) is 0 Å². The molecule has 116 valence electrons. The van der Waals surface area contributed by atoms with Crippen molar-refractivity contribution in [1.82, 2.24) is 9.88 Å². The SMILES string of the molecule is OC(CCN1CCOC2CCCCC21)c1ccc(F)cn1. The zero-order valence-corrected chi connectivity index (χ0v) is 12.2. The van der Waals surface area contributed by atoms with Crippen molar-refractivity contribution in [2.75, 3.05) is 19.7 Å². The van der Waals surface area contributed by atoms with Gasteiger partial charge in [-0.05, 0) is 31.4 Å². The maximum atomic E-state index is 12.8. The number of morpholine rings is 1. The summed E-state index contributed by atoms with van der Waals surface area (Å²) < 4.78 is 18.7. The summed E-state index contributed by atoms with van der Waals surface area (Å²) in [5, 5.41) is 10.2. The van der Waals surface area contributed by atoms with Gasteiger partial charge >= 0.3 is 0 Å². The minimum atomic E-state index is -0.629. The highest BCUT2D eigenvalue weighted by molar-refractivity contribution is 5.08. The van der Waals surface area contributed by atoms with Gasteiger partial charge < -0.3 is 9.84 Å². The number of aliphatic hydroxyl groups excluding tert-OH is 1. The molecule has 0 spiro atoms. The molecule has 5 heteroatoms. The van der Waals surface area contributed by atoms with Crippen molar-refractivity contribution in [3.63, 3.8) is 0 Å². The third-order valence-corrected chi connectivity index (χ3v) is 4.63. The van der Waals surface area contributed by atoms with Crippen LogP contribution in [0.3, 0.4) is 0 Å². The maximum Gasteiger partial charge on any atom is 0.141 e. The van der Waals surface area contributed by atoms with Crippen molar-refractivity contribution in [3.05, 3.63) is 29.8 Å². The summed E-state index contributed by atoms with van der Waals surface area (Å²) in [4.78, 5) is 6.40. The normalized spacial score (nSPS) is 28.1. The molecule has 2 fully saturated rings. The fourth-order valence-corrected chi connectivity index (χ4v) is 3.47. The van der Waals surface area contributed by atoms with Gasteiger partial charge in [-0.3, -0.25) is 9.88 Å². The maximum absolute atomic E-state index is 12.8. The predicted molar refractivity (Wildman–Crippen MR) is 77.3 cm³/mol. The first-order chi connectivity index (χ1) is 10.2. The molecule has 1 aliphatic carbocycles. The average Bonchev–Trinajstić information content (AvgIpc) is 2.53. The lowest BCUT2D eigenvalue weighted by molar-refractivity contribution is -0.0905. The number of ether oxygens (including phenoxy) is 1. The molecule has 4 nitrogen and oxygen atoms in total. The molecule has 3 atom stereocenters. The highest BCUT2D eigenvalue weighted by Crippen LogP contribution is 2.29. The van der Waals surface area contributed by atoms with Crippen LogP contribution in [0.2, 0.25) is 0 Å². The van der Waals surface area contributed by atoms with Gasteiger partial charge in [0.05, 0.1) is 30.7 Å². The Morgan fingerprint density at radius 1 is 1.38 bits per heavy atom. The van der Waals surface area contributed by atoms with E-state index < -0.39 is 6.10 Å². The van der Waals surface area contributed by atoms with Gasteiger partial charge in [-0.25, -0.2) is 4.39 Å². The van der Waals surface area contributed by atoms with Crippen molar-refractivity contribution < 1.29 is 14.2 Å². The standard InChI is InChI=1S/C16H23FN2O2/c17-12-5-6-13(18-11-12)15(20)7-8-19-9-10-21-16-4-2-1-3-14(16)19/h5-6,11,14-16,20H,1-4,7-10H2. The fraction of sp³-hybridized carbons (Fsp3) is 0.688. The zero-order chi connectivity index (χ0) is 14.7. The van der Waals surface area contributed by atoms with E-state index in [0.717, 1.165) is 32.3 Å². The molecular formula is C16H23FN2O2. The number of aromatic nitrogens is 1. The number of pyridine rings is 1. The highest BCUT2D eigenvalue weighted by atomic mass is 19.1. The molecule has 1 aliphatic heterocycles. The van der Waals surface area contributed by atoms with Crippen molar-refractivity contribution in [1.29, 1.82) is 0 Å². The molecule has 1 saturated heterocycles. The third-order valence-electron chi connectivity index (χ3n) is 4.63. The molecule has 3 unspecified atom stereocenters. The number of hydrogen-bond donors (Lipinski definition) is 1. The van der Waals surface area contributed by atoms with Gasteiger partial charge in [-0.15, -0.1) is 0 Å². The van der Waals surface area contributed by atoms with E-state index in [1.165, 1.54) is 25.3 Å². The van der Waals surface area contributed by atoms with Crippen molar-refractivity contribution >= 4 is 0 Å². The number of halogens is 1. The molecule has 1 aromatic heterocycles. The molecular weight excluding hydrogens is 271 g/mol. The predicted octanol–water partition coefficient (Wildman–Crippen LogP) is 2.29. The lowest BCUT2D eigenvalue weighted by Gasteiger charge is -2.44. The summed E-state index contributed by atoms with van der Waals surface area (Å²) in [7, 11) is 0. The van der Waals surface area contributed by atoms with Crippen LogP contribution >= 0.6 is 0 Å². The Balaban J connectivity index is 1.55. The molecule has 0 radical (unpaired) electrons. The van der Waals surface area contributed by atoms with Crippen LogP contribution in [-0.2, 0) is 4.74 Å². The Labute approximate surface area is 124 Å². The summed E-state index contributed by atoms with van der Waals surface area (Å²) in [6.07, 6.45) is 6.40. The molecule has 0 aromatic carbocycles. The zero-order valence-electron chi connectivity index (χ0n) is 12.2. The van der Waals surface area contributed by atoms with E-state index in [4.69, 9.17) is 4.74 Å². The smallest absolute Gasteiger partial charge is 0.141 e.